The number of benzene rings is 1. The number of thioether (sulfide) groups is 1. The Bertz CT molecular complexity index is 456. The van der Waals surface area contributed by atoms with Crippen LogP contribution in [0.15, 0.2) is 17.0 Å². The maximum Gasteiger partial charge on any atom is 0.217 e. The molecule has 0 saturated heterocycles. The summed E-state index contributed by atoms with van der Waals surface area (Å²) in [5, 5.41) is 3.06. The minimum absolute atomic E-state index is 0.0841. The van der Waals surface area contributed by atoms with Gasteiger partial charge in [-0.15, -0.1) is 11.8 Å². The number of carbonyl (C=O) groups excluding carboxylic acids is 1. The van der Waals surface area contributed by atoms with E-state index >= 15 is 0 Å². The average Bonchev–Trinajstić information content (AvgIpc) is 2.32. The van der Waals surface area contributed by atoms with Crippen LogP contribution in [0, 0.1) is 6.92 Å². The molecule has 0 aromatic heterocycles. The fourth-order valence-electron chi connectivity index (χ4n) is 2.73. The molecule has 2 rings (SSSR count). The van der Waals surface area contributed by atoms with Gasteiger partial charge >= 0.3 is 0 Å². The molecule has 1 aromatic rings. The maximum absolute atomic E-state index is 11.2. The Morgan fingerprint density at radius 3 is 2.89 bits per heavy atom. The molecule has 98 valence electrons. The number of amides is 1. The summed E-state index contributed by atoms with van der Waals surface area (Å²) in [4.78, 5) is 12.6. The first kappa shape index (κ1) is 13.5. The summed E-state index contributed by atoms with van der Waals surface area (Å²) in [5.74, 6) is 1.18. The molecule has 1 aliphatic carbocycles. The van der Waals surface area contributed by atoms with Crippen LogP contribution < -0.4 is 5.32 Å². The topological polar surface area (TPSA) is 29.1 Å². The summed E-state index contributed by atoms with van der Waals surface area (Å²) in [7, 11) is 0. The second-order valence-corrected chi connectivity index (χ2v) is 6.22. The summed E-state index contributed by atoms with van der Waals surface area (Å²) < 4.78 is 0. The smallest absolute Gasteiger partial charge is 0.217 e. The number of aryl methyl sites for hydroxylation is 1. The molecule has 1 atom stereocenters. The van der Waals surface area contributed by atoms with E-state index in [4.69, 9.17) is 0 Å². The minimum Gasteiger partial charge on any atom is -0.353 e. The van der Waals surface area contributed by atoms with Crippen molar-refractivity contribution in [2.24, 2.45) is 0 Å². The first-order valence-electron chi connectivity index (χ1n) is 6.63. The number of hydrogen-bond donors (Lipinski definition) is 1. The summed E-state index contributed by atoms with van der Waals surface area (Å²) in [6.07, 6.45) is 3.14. The van der Waals surface area contributed by atoms with Gasteiger partial charge in [0, 0.05) is 17.9 Å². The van der Waals surface area contributed by atoms with E-state index in [1.54, 1.807) is 6.92 Å². The second-order valence-electron chi connectivity index (χ2n) is 4.91. The second kappa shape index (κ2) is 5.79. The van der Waals surface area contributed by atoms with Crippen LogP contribution in [0.1, 0.15) is 37.0 Å². The maximum atomic E-state index is 11.2. The van der Waals surface area contributed by atoms with Crippen molar-refractivity contribution < 1.29 is 4.79 Å². The van der Waals surface area contributed by atoms with Gasteiger partial charge in [0.1, 0.15) is 0 Å². The van der Waals surface area contributed by atoms with E-state index in [9.17, 15) is 4.79 Å². The summed E-state index contributed by atoms with van der Waals surface area (Å²) in [6.45, 7) is 5.98. The molecule has 0 fully saturated rings. The fraction of sp³-hybridized carbons (Fsp3) is 0.533. The lowest BCUT2D eigenvalue weighted by Gasteiger charge is -2.28. The number of fused-ring (bicyclic) bond motifs is 1. The third kappa shape index (κ3) is 2.89. The lowest BCUT2D eigenvalue weighted by molar-refractivity contribution is -0.119. The predicted octanol–water partition coefficient (Wildman–Crippen LogP) is 3.10. The van der Waals surface area contributed by atoms with Gasteiger partial charge in [-0.1, -0.05) is 13.0 Å². The predicted molar refractivity (Wildman–Crippen MR) is 77.2 cm³/mol. The Hall–Kier alpha value is -0.960. The van der Waals surface area contributed by atoms with Gasteiger partial charge in [0.05, 0.1) is 0 Å². The van der Waals surface area contributed by atoms with Crippen molar-refractivity contribution in [3.8, 4) is 0 Å². The molecule has 3 heteroatoms. The van der Waals surface area contributed by atoms with E-state index in [-0.39, 0.29) is 5.91 Å². The van der Waals surface area contributed by atoms with Gasteiger partial charge in [-0.25, -0.2) is 0 Å². The molecule has 0 spiro atoms. The van der Waals surface area contributed by atoms with Crippen molar-refractivity contribution in [3.05, 3.63) is 28.8 Å². The van der Waals surface area contributed by atoms with Crippen LogP contribution in [0.4, 0.5) is 0 Å². The van der Waals surface area contributed by atoms with Crippen LogP contribution in [-0.4, -0.2) is 17.7 Å². The first-order chi connectivity index (χ1) is 8.61. The number of carbonyl (C=O) groups is 1. The van der Waals surface area contributed by atoms with Crippen molar-refractivity contribution in [1.29, 1.82) is 0 Å². The highest BCUT2D eigenvalue weighted by Gasteiger charge is 2.22. The minimum atomic E-state index is 0.0841. The molecule has 0 aliphatic heterocycles. The van der Waals surface area contributed by atoms with Gasteiger partial charge in [0.25, 0.3) is 0 Å². The lowest BCUT2D eigenvalue weighted by atomic mass is 9.85. The average molecular weight is 263 g/mol. The molecule has 1 aliphatic rings. The van der Waals surface area contributed by atoms with Crippen LogP contribution >= 0.6 is 11.8 Å². The molecule has 1 unspecified atom stereocenters. The van der Waals surface area contributed by atoms with Gasteiger partial charge in [0.15, 0.2) is 0 Å². The highest BCUT2D eigenvalue weighted by molar-refractivity contribution is 7.99. The normalized spacial score (nSPS) is 18.3. The van der Waals surface area contributed by atoms with E-state index in [1.165, 1.54) is 21.6 Å². The number of hydrogen-bond acceptors (Lipinski definition) is 2. The third-order valence-corrected chi connectivity index (χ3v) is 4.51. The van der Waals surface area contributed by atoms with Crippen molar-refractivity contribution in [2.75, 3.05) is 5.75 Å². The van der Waals surface area contributed by atoms with Crippen molar-refractivity contribution in [2.45, 2.75) is 51.0 Å². The van der Waals surface area contributed by atoms with E-state index in [0.717, 1.165) is 25.0 Å². The molecule has 0 bridgehead atoms. The van der Waals surface area contributed by atoms with Gasteiger partial charge < -0.3 is 5.32 Å². The molecular weight excluding hydrogens is 242 g/mol. The Labute approximate surface area is 114 Å². The highest BCUT2D eigenvalue weighted by Crippen LogP contribution is 2.33. The van der Waals surface area contributed by atoms with E-state index < -0.39 is 0 Å². The molecule has 0 heterocycles. The van der Waals surface area contributed by atoms with Gasteiger partial charge in [-0.2, -0.15) is 0 Å². The number of rotatable bonds is 3. The molecule has 0 radical (unpaired) electrons. The highest BCUT2D eigenvalue weighted by atomic mass is 32.2. The molecule has 2 nitrogen and oxygen atoms in total. The van der Waals surface area contributed by atoms with Crippen LogP contribution in [-0.2, 0) is 17.6 Å². The number of nitrogens with one attached hydrogen (secondary N) is 1. The summed E-state index contributed by atoms with van der Waals surface area (Å²) in [5.41, 5.74) is 4.37. The van der Waals surface area contributed by atoms with Gasteiger partial charge in [-0.3, -0.25) is 4.79 Å². The Morgan fingerprint density at radius 2 is 2.22 bits per heavy atom. The SMILES string of the molecule is CCSc1ccc(C)c2c1CC(NC(C)=O)CC2. The molecule has 18 heavy (non-hydrogen) atoms. The summed E-state index contributed by atoms with van der Waals surface area (Å²) >= 11 is 1.91. The van der Waals surface area contributed by atoms with E-state index in [0.29, 0.717) is 6.04 Å². The van der Waals surface area contributed by atoms with Crippen LogP contribution in [0.25, 0.3) is 0 Å². The van der Waals surface area contributed by atoms with E-state index in [1.807, 2.05) is 11.8 Å². The third-order valence-electron chi connectivity index (χ3n) is 3.52. The van der Waals surface area contributed by atoms with Crippen LogP contribution in [0.3, 0.4) is 0 Å². The molecule has 1 aromatic carbocycles. The van der Waals surface area contributed by atoms with Crippen LogP contribution in [0.5, 0.6) is 0 Å². The lowest BCUT2D eigenvalue weighted by Crippen LogP contribution is -2.37. The standard InChI is InChI=1S/C15H21NOS/c1-4-18-15-8-5-10(2)13-7-6-12(9-14(13)15)16-11(3)17/h5,8,12H,4,6-7,9H2,1-3H3,(H,16,17). The Kier molecular flexibility index (Phi) is 4.33. The fourth-order valence-corrected chi connectivity index (χ4v) is 3.58. The first-order valence-corrected chi connectivity index (χ1v) is 7.61. The monoisotopic (exact) mass is 263 g/mol. The Morgan fingerprint density at radius 1 is 1.44 bits per heavy atom. The zero-order valence-corrected chi connectivity index (χ0v) is 12.2. The molecular formula is C15H21NOS. The van der Waals surface area contributed by atoms with Gasteiger partial charge in [0.2, 0.25) is 5.91 Å². The Balaban J connectivity index is 2.27. The van der Waals surface area contributed by atoms with Crippen molar-refractivity contribution in [1.82, 2.24) is 5.32 Å². The molecule has 1 amide bonds. The zero-order chi connectivity index (χ0) is 13.1. The van der Waals surface area contributed by atoms with Crippen molar-refractivity contribution in [3.63, 3.8) is 0 Å². The van der Waals surface area contributed by atoms with Crippen LogP contribution in [0.2, 0.25) is 0 Å². The van der Waals surface area contributed by atoms with Crippen molar-refractivity contribution >= 4 is 17.7 Å². The largest absolute Gasteiger partial charge is 0.353 e. The molecule has 0 saturated carbocycles. The van der Waals surface area contributed by atoms with Gasteiger partial charge in [-0.05, 0) is 54.7 Å². The van der Waals surface area contributed by atoms with E-state index in [2.05, 4.69) is 31.3 Å². The zero-order valence-electron chi connectivity index (χ0n) is 11.4. The quantitative estimate of drug-likeness (QED) is 0.849. The summed E-state index contributed by atoms with van der Waals surface area (Å²) in [6, 6.07) is 4.78. The molecule has 1 N–H and O–H groups in total.